The van der Waals surface area contributed by atoms with Gasteiger partial charge in [-0.15, -0.1) is 0 Å². The molecule has 1 N–H and O–H groups in total. The summed E-state index contributed by atoms with van der Waals surface area (Å²) in [5.74, 6) is 1.21. The van der Waals surface area contributed by atoms with Gasteiger partial charge in [-0.05, 0) is 36.8 Å². The number of nitrogens with zero attached hydrogens (tertiary/aromatic N) is 3. The van der Waals surface area contributed by atoms with E-state index in [9.17, 15) is 13.2 Å². The zero-order valence-corrected chi connectivity index (χ0v) is 15.7. The number of nitrogens with one attached hydrogen (secondary N) is 1. The highest BCUT2D eigenvalue weighted by Crippen LogP contribution is 2.44. The van der Waals surface area contributed by atoms with Gasteiger partial charge in [0.15, 0.2) is 0 Å². The van der Waals surface area contributed by atoms with Crippen LogP contribution in [0.3, 0.4) is 0 Å². The van der Waals surface area contributed by atoms with E-state index in [-0.39, 0.29) is 16.7 Å². The monoisotopic (exact) mass is 386 g/mol. The molecule has 3 heterocycles. The summed E-state index contributed by atoms with van der Waals surface area (Å²) in [4.78, 5) is 22.0. The predicted octanol–water partition coefficient (Wildman–Crippen LogP) is 1.61. The number of carbonyl (C=O) groups is 1. The number of sulfonamides is 1. The number of hydrogen-bond acceptors (Lipinski definition) is 4. The standard InChI is InChI=1S/C19H22N4O3S/c24-19(16-11-13-3-4-14(16)10-13)22-6-8-23(9-7-22)27(25,26)17-12-21-18-15(17)2-1-5-20-18/h1-5,12-14,16H,6-11H2,(H,20,21)/t13-,14-,16-/m0/s1. The van der Waals surface area contributed by atoms with Crippen molar-refractivity contribution in [3.63, 3.8) is 0 Å². The van der Waals surface area contributed by atoms with Gasteiger partial charge >= 0.3 is 0 Å². The number of rotatable bonds is 3. The molecule has 1 aliphatic heterocycles. The Bertz CT molecular complexity index is 1020. The zero-order chi connectivity index (χ0) is 18.6. The fourth-order valence-corrected chi connectivity index (χ4v) is 6.30. The Balaban J connectivity index is 1.30. The van der Waals surface area contributed by atoms with E-state index in [1.807, 2.05) is 4.90 Å². The lowest BCUT2D eigenvalue weighted by atomic mass is 9.92. The average molecular weight is 386 g/mol. The highest BCUT2D eigenvalue weighted by atomic mass is 32.2. The third kappa shape index (κ3) is 2.70. The van der Waals surface area contributed by atoms with Crippen molar-refractivity contribution in [1.82, 2.24) is 19.2 Å². The molecule has 0 radical (unpaired) electrons. The Morgan fingerprint density at radius 1 is 1.15 bits per heavy atom. The number of allylic oxidation sites excluding steroid dienone is 2. The number of amides is 1. The fourth-order valence-electron chi connectivity index (χ4n) is 4.73. The van der Waals surface area contributed by atoms with Crippen LogP contribution in [0.25, 0.3) is 11.0 Å². The Morgan fingerprint density at radius 2 is 1.96 bits per heavy atom. The first-order valence-corrected chi connectivity index (χ1v) is 10.9. The van der Waals surface area contributed by atoms with Crippen molar-refractivity contribution < 1.29 is 13.2 Å². The van der Waals surface area contributed by atoms with E-state index in [1.54, 1.807) is 18.3 Å². The Hall–Kier alpha value is -2.19. The van der Waals surface area contributed by atoms with E-state index in [4.69, 9.17) is 0 Å². The molecule has 1 saturated heterocycles. The minimum atomic E-state index is -3.61. The minimum Gasteiger partial charge on any atom is -0.345 e. The molecule has 0 spiro atoms. The SMILES string of the molecule is O=C([C@H]1C[C@H]2C=C[C@H]1C2)N1CCN(S(=O)(=O)c2c[nH]c3ncccc23)CC1. The molecule has 8 heteroatoms. The van der Waals surface area contributed by atoms with E-state index < -0.39 is 10.0 Å². The molecule has 2 bridgehead atoms. The van der Waals surface area contributed by atoms with Crippen molar-refractivity contribution in [3.8, 4) is 0 Å². The largest absolute Gasteiger partial charge is 0.345 e. The molecule has 2 aromatic heterocycles. The van der Waals surface area contributed by atoms with Crippen LogP contribution >= 0.6 is 0 Å². The summed E-state index contributed by atoms with van der Waals surface area (Å²) in [5.41, 5.74) is 0.564. The maximum atomic E-state index is 13.1. The number of piperazine rings is 1. The highest BCUT2D eigenvalue weighted by Gasteiger charge is 2.42. The molecular formula is C19H22N4O3S. The molecule has 2 aliphatic carbocycles. The van der Waals surface area contributed by atoms with E-state index in [0.717, 1.165) is 12.8 Å². The molecular weight excluding hydrogens is 364 g/mol. The molecule has 142 valence electrons. The van der Waals surface area contributed by atoms with Crippen LogP contribution in [-0.4, -0.2) is 59.7 Å². The van der Waals surface area contributed by atoms with Gasteiger partial charge in [0.2, 0.25) is 15.9 Å². The van der Waals surface area contributed by atoms with E-state index in [0.29, 0.717) is 49.0 Å². The molecule has 2 fully saturated rings. The van der Waals surface area contributed by atoms with Crippen molar-refractivity contribution in [1.29, 1.82) is 0 Å². The summed E-state index contributed by atoms with van der Waals surface area (Å²) >= 11 is 0. The predicted molar refractivity (Wildman–Crippen MR) is 100 cm³/mol. The number of H-pyrrole nitrogens is 1. The Labute approximate surface area is 158 Å². The second kappa shape index (κ2) is 6.17. The van der Waals surface area contributed by atoms with Gasteiger partial charge < -0.3 is 9.88 Å². The number of carbonyl (C=O) groups excluding carboxylic acids is 1. The summed E-state index contributed by atoms with van der Waals surface area (Å²) in [6.07, 6.45) is 9.59. The molecule has 3 atom stereocenters. The van der Waals surface area contributed by atoms with Gasteiger partial charge in [-0.25, -0.2) is 13.4 Å². The van der Waals surface area contributed by atoms with Crippen LogP contribution in [0.5, 0.6) is 0 Å². The molecule has 1 amide bonds. The third-order valence-electron chi connectivity index (χ3n) is 6.18. The van der Waals surface area contributed by atoms with Crippen LogP contribution in [0.4, 0.5) is 0 Å². The number of aromatic amines is 1. The van der Waals surface area contributed by atoms with Gasteiger partial charge in [-0.2, -0.15) is 4.31 Å². The minimum absolute atomic E-state index is 0.0860. The smallest absolute Gasteiger partial charge is 0.245 e. The van der Waals surface area contributed by atoms with Gasteiger partial charge in [-0.3, -0.25) is 4.79 Å². The first kappa shape index (κ1) is 16.9. The van der Waals surface area contributed by atoms with Crippen LogP contribution in [0.1, 0.15) is 12.8 Å². The van der Waals surface area contributed by atoms with E-state index >= 15 is 0 Å². The molecule has 0 unspecified atom stereocenters. The van der Waals surface area contributed by atoms with E-state index in [1.165, 1.54) is 10.5 Å². The molecule has 1 saturated carbocycles. The topological polar surface area (TPSA) is 86.4 Å². The lowest BCUT2D eigenvalue weighted by Gasteiger charge is -2.36. The molecule has 7 nitrogen and oxygen atoms in total. The average Bonchev–Trinajstić information content (AvgIpc) is 3.42. The van der Waals surface area contributed by atoms with Crippen LogP contribution in [0.2, 0.25) is 0 Å². The lowest BCUT2D eigenvalue weighted by molar-refractivity contribution is -0.137. The summed E-state index contributed by atoms with van der Waals surface area (Å²) < 4.78 is 27.6. The maximum Gasteiger partial charge on any atom is 0.245 e. The van der Waals surface area contributed by atoms with Gasteiger partial charge in [0.1, 0.15) is 10.5 Å². The van der Waals surface area contributed by atoms with Gasteiger partial charge in [0.25, 0.3) is 0 Å². The normalized spacial score (nSPS) is 28.3. The fraction of sp³-hybridized carbons (Fsp3) is 0.474. The number of fused-ring (bicyclic) bond motifs is 3. The number of pyridine rings is 1. The van der Waals surface area contributed by atoms with Crippen molar-refractivity contribution >= 4 is 27.0 Å². The Kier molecular flexibility index (Phi) is 3.87. The van der Waals surface area contributed by atoms with Gasteiger partial charge in [-0.1, -0.05) is 12.2 Å². The summed E-state index contributed by atoms with van der Waals surface area (Å²) in [6, 6.07) is 3.49. The van der Waals surface area contributed by atoms with Gasteiger partial charge in [0.05, 0.1) is 0 Å². The second-order valence-corrected chi connectivity index (χ2v) is 9.57. The van der Waals surface area contributed by atoms with Crippen LogP contribution in [0.15, 0.2) is 41.6 Å². The van der Waals surface area contributed by atoms with Crippen molar-refractivity contribution in [2.24, 2.45) is 17.8 Å². The van der Waals surface area contributed by atoms with Gasteiger partial charge in [0, 0.05) is 49.9 Å². The summed E-state index contributed by atoms with van der Waals surface area (Å²) in [7, 11) is -3.61. The first-order chi connectivity index (χ1) is 13.0. The van der Waals surface area contributed by atoms with Crippen molar-refractivity contribution in [3.05, 3.63) is 36.7 Å². The van der Waals surface area contributed by atoms with Crippen molar-refractivity contribution in [2.75, 3.05) is 26.2 Å². The summed E-state index contributed by atoms with van der Waals surface area (Å²) in [6.45, 7) is 1.57. The lowest BCUT2D eigenvalue weighted by Crippen LogP contribution is -2.52. The highest BCUT2D eigenvalue weighted by molar-refractivity contribution is 7.89. The van der Waals surface area contributed by atoms with E-state index in [2.05, 4.69) is 22.1 Å². The molecule has 3 aliphatic rings. The first-order valence-electron chi connectivity index (χ1n) is 9.43. The number of aromatic nitrogens is 2. The quantitative estimate of drug-likeness (QED) is 0.812. The van der Waals surface area contributed by atoms with Crippen LogP contribution < -0.4 is 0 Å². The third-order valence-corrected chi connectivity index (χ3v) is 8.12. The zero-order valence-electron chi connectivity index (χ0n) is 14.9. The number of hydrogen-bond donors (Lipinski definition) is 1. The summed E-state index contributed by atoms with van der Waals surface area (Å²) in [5, 5.41) is 0.602. The van der Waals surface area contributed by atoms with Crippen LogP contribution in [-0.2, 0) is 14.8 Å². The molecule has 27 heavy (non-hydrogen) atoms. The Morgan fingerprint density at radius 3 is 2.67 bits per heavy atom. The second-order valence-electron chi connectivity index (χ2n) is 7.67. The van der Waals surface area contributed by atoms with Crippen LogP contribution in [0, 0.1) is 17.8 Å². The maximum absolute atomic E-state index is 13.1. The van der Waals surface area contributed by atoms with Crippen molar-refractivity contribution in [2.45, 2.75) is 17.7 Å². The molecule has 2 aromatic rings. The molecule has 5 rings (SSSR count). The molecule has 0 aromatic carbocycles.